The van der Waals surface area contributed by atoms with E-state index in [1.807, 2.05) is 6.20 Å². The molecule has 0 unspecified atom stereocenters. The van der Waals surface area contributed by atoms with Crippen LogP contribution in [0.25, 0.3) is 0 Å². The minimum absolute atomic E-state index is 0.0974. The molecule has 0 spiro atoms. The number of hydrogen-bond acceptors (Lipinski definition) is 3. The van der Waals surface area contributed by atoms with Crippen molar-refractivity contribution in [3.8, 4) is 0 Å². The second-order valence-corrected chi connectivity index (χ2v) is 6.62. The molecule has 1 aromatic heterocycles. The van der Waals surface area contributed by atoms with Gasteiger partial charge >= 0.3 is 0 Å². The number of carbonyl (C=O) groups excluding carboxylic acids is 1. The monoisotopic (exact) mass is 326 g/mol. The smallest absolute Gasteiger partial charge is 0.271 e. The van der Waals surface area contributed by atoms with Gasteiger partial charge in [-0.2, -0.15) is 0 Å². The molecule has 1 N–H and O–H groups in total. The molecule has 24 heavy (non-hydrogen) atoms. The number of aryl methyl sites for hydroxylation is 2. The molecule has 5 heteroatoms. The molecule has 0 radical (unpaired) electrons. The highest BCUT2D eigenvalue weighted by Crippen LogP contribution is 2.14. The quantitative estimate of drug-likeness (QED) is 0.919. The predicted octanol–water partition coefficient (Wildman–Crippen LogP) is 2.66. The Kier molecular flexibility index (Phi) is 5.00. The summed E-state index contributed by atoms with van der Waals surface area (Å²) in [5.41, 5.74) is 4.08. The Morgan fingerprint density at radius 2 is 2.12 bits per heavy atom. The van der Waals surface area contributed by atoms with E-state index in [1.54, 1.807) is 0 Å². The van der Waals surface area contributed by atoms with Gasteiger partial charge in [-0.05, 0) is 37.9 Å². The van der Waals surface area contributed by atoms with E-state index >= 15 is 0 Å². The normalized spacial score (nSPS) is 14.5. The van der Waals surface area contributed by atoms with Crippen LogP contribution in [0.3, 0.4) is 0 Å². The Labute approximate surface area is 143 Å². The average Bonchev–Trinajstić information content (AvgIpc) is 2.99. The summed E-state index contributed by atoms with van der Waals surface area (Å²) in [7, 11) is 0. The second kappa shape index (κ2) is 7.18. The molecular formula is C19H26N4O. The van der Waals surface area contributed by atoms with Crippen molar-refractivity contribution in [1.82, 2.24) is 19.8 Å². The van der Waals surface area contributed by atoms with Crippen LogP contribution >= 0.6 is 0 Å². The number of imidazole rings is 1. The predicted molar refractivity (Wildman–Crippen MR) is 94.9 cm³/mol. The van der Waals surface area contributed by atoms with Gasteiger partial charge in [0.15, 0.2) is 0 Å². The minimum atomic E-state index is -0.0974. The third-order valence-electron chi connectivity index (χ3n) is 4.60. The van der Waals surface area contributed by atoms with Crippen molar-refractivity contribution >= 4 is 5.91 Å². The molecule has 5 nitrogen and oxygen atoms in total. The van der Waals surface area contributed by atoms with Crippen LogP contribution in [0.5, 0.6) is 0 Å². The van der Waals surface area contributed by atoms with Crippen molar-refractivity contribution in [3.63, 3.8) is 0 Å². The van der Waals surface area contributed by atoms with Crippen LogP contribution in [-0.2, 0) is 19.6 Å². The van der Waals surface area contributed by atoms with Gasteiger partial charge < -0.3 is 9.88 Å². The summed E-state index contributed by atoms with van der Waals surface area (Å²) >= 11 is 0. The zero-order valence-corrected chi connectivity index (χ0v) is 14.8. The minimum Gasteiger partial charge on any atom is -0.347 e. The topological polar surface area (TPSA) is 50.2 Å². The van der Waals surface area contributed by atoms with Crippen LogP contribution in [0, 0.1) is 13.8 Å². The Bertz CT molecular complexity index is 735. The van der Waals surface area contributed by atoms with Gasteiger partial charge in [-0.15, -0.1) is 0 Å². The van der Waals surface area contributed by atoms with Crippen molar-refractivity contribution in [2.45, 2.75) is 46.8 Å². The maximum atomic E-state index is 12.4. The fourth-order valence-electron chi connectivity index (χ4n) is 3.18. The summed E-state index contributed by atoms with van der Waals surface area (Å²) in [6.45, 7) is 10.7. The lowest BCUT2D eigenvalue weighted by Gasteiger charge is -2.26. The van der Waals surface area contributed by atoms with Crippen molar-refractivity contribution in [3.05, 3.63) is 52.6 Å². The Morgan fingerprint density at radius 3 is 2.92 bits per heavy atom. The molecule has 0 atom stereocenters. The van der Waals surface area contributed by atoms with E-state index in [0.717, 1.165) is 44.0 Å². The summed E-state index contributed by atoms with van der Waals surface area (Å²) in [4.78, 5) is 19.4. The van der Waals surface area contributed by atoms with Crippen molar-refractivity contribution in [1.29, 1.82) is 0 Å². The first-order valence-corrected chi connectivity index (χ1v) is 8.69. The van der Waals surface area contributed by atoms with Crippen LogP contribution in [0.15, 0.2) is 24.4 Å². The molecule has 1 aliphatic heterocycles. The zero-order chi connectivity index (χ0) is 17.1. The van der Waals surface area contributed by atoms with Crippen molar-refractivity contribution in [2.24, 2.45) is 0 Å². The second-order valence-electron chi connectivity index (χ2n) is 6.62. The van der Waals surface area contributed by atoms with Gasteiger partial charge in [-0.1, -0.05) is 30.7 Å². The standard InChI is InChI=1S/C19H26N4O/c1-4-7-22-8-9-23-12-17(21-18(23)13-22)19(24)20-11-16-10-14(2)5-6-15(16)3/h5-6,10,12H,4,7-9,11,13H2,1-3H3,(H,20,24). The Balaban J connectivity index is 1.65. The maximum Gasteiger partial charge on any atom is 0.271 e. The Morgan fingerprint density at radius 1 is 1.29 bits per heavy atom. The highest BCUT2D eigenvalue weighted by molar-refractivity contribution is 5.92. The van der Waals surface area contributed by atoms with Crippen LogP contribution in [-0.4, -0.2) is 33.4 Å². The van der Waals surface area contributed by atoms with Crippen LogP contribution in [0.1, 0.15) is 46.3 Å². The lowest BCUT2D eigenvalue weighted by Crippen LogP contribution is -2.34. The first kappa shape index (κ1) is 16.7. The van der Waals surface area contributed by atoms with Gasteiger partial charge in [0.1, 0.15) is 11.5 Å². The van der Waals surface area contributed by atoms with Gasteiger partial charge in [0, 0.05) is 25.8 Å². The van der Waals surface area contributed by atoms with Gasteiger partial charge in [-0.3, -0.25) is 9.69 Å². The van der Waals surface area contributed by atoms with E-state index in [-0.39, 0.29) is 5.91 Å². The third kappa shape index (κ3) is 3.67. The number of nitrogens with zero attached hydrogens (tertiary/aromatic N) is 3. The molecule has 0 aliphatic carbocycles. The molecule has 1 aliphatic rings. The van der Waals surface area contributed by atoms with Crippen molar-refractivity contribution in [2.75, 3.05) is 13.1 Å². The zero-order valence-electron chi connectivity index (χ0n) is 14.8. The number of benzene rings is 1. The van der Waals surface area contributed by atoms with Gasteiger partial charge in [0.25, 0.3) is 5.91 Å². The first-order valence-electron chi connectivity index (χ1n) is 8.69. The number of aromatic nitrogens is 2. The molecular weight excluding hydrogens is 300 g/mol. The van der Waals surface area contributed by atoms with Crippen LogP contribution in [0.4, 0.5) is 0 Å². The molecule has 0 saturated heterocycles. The SMILES string of the molecule is CCCN1CCn2cc(C(=O)NCc3cc(C)ccc3C)nc2C1. The highest BCUT2D eigenvalue weighted by Gasteiger charge is 2.20. The van der Waals surface area contributed by atoms with Crippen LogP contribution < -0.4 is 5.32 Å². The average molecular weight is 326 g/mol. The molecule has 2 heterocycles. The molecule has 3 rings (SSSR count). The lowest BCUT2D eigenvalue weighted by atomic mass is 10.1. The largest absolute Gasteiger partial charge is 0.347 e. The molecule has 2 aromatic rings. The van der Waals surface area contributed by atoms with Gasteiger partial charge in [-0.25, -0.2) is 4.98 Å². The fraction of sp³-hybridized carbons (Fsp3) is 0.474. The Hall–Kier alpha value is -2.14. The molecule has 0 bridgehead atoms. The number of carbonyl (C=O) groups is 1. The molecule has 128 valence electrons. The lowest BCUT2D eigenvalue weighted by molar-refractivity contribution is 0.0946. The number of fused-ring (bicyclic) bond motifs is 1. The first-order chi connectivity index (χ1) is 11.6. The summed E-state index contributed by atoms with van der Waals surface area (Å²) in [5.74, 6) is 0.895. The number of rotatable bonds is 5. The summed E-state index contributed by atoms with van der Waals surface area (Å²) in [5, 5.41) is 3.00. The van der Waals surface area contributed by atoms with E-state index < -0.39 is 0 Å². The van der Waals surface area contributed by atoms with E-state index in [9.17, 15) is 4.79 Å². The molecule has 0 fully saturated rings. The number of amides is 1. The third-order valence-corrected chi connectivity index (χ3v) is 4.60. The number of nitrogens with one attached hydrogen (secondary N) is 1. The summed E-state index contributed by atoms with van der Waals surface area (Å²) in [6, 6.07) is 6.30. The van der Waals surface area contributed by atoms with E-state index in [0.29, 0.717) is 12.2 Å². The summed E-state index contributed by atoms with van der Waals surface area (Å²) < 4.78 is 2.11. The van der Waals surface area contributed by atoms with E-state index in [1.165, 1.54) is 11.1 Å². The highest BCUT2D eigenvalue weighted by atomic mass is 16.1. The maximum absolute atomic E-state index is 12.4. The van der Waals surface area contributed by atoms with Crippen LogP contribution in [0.2, 0.25) is 0 Å². The van der Waals surface area contributed by atoms with Gasteiger partial charge in [0.05, 0.1) is 6.54 Å². The van der Waals surface area contributed by atoms with Crippen molar-refractivity contribution < 1.29 is 4.79 Å². The molecule has 1 amide bonds. The fourth-order valence-corrected chi connectivity index (χ4v) is 3.18. The molecule has 0 saturated carbocycles. The molecule has 1 aromatic carbocycles. The number of hydrogen-bond donors (Lipinski definition) is 1. The summed E-state index contributed by atoms with van der Waals surface area (Å²) in [6.07, 6.45) is 3.03. The van der Waals surface area contributed by atoms with E-state index in [2.05, 4.69) is 58.7 Å². The van der Waals surface area contributed by atoms with Gasteiger partial charge in [0.2, 0.25) is 0 Å². The van der Waals surface area contributed by atoms with E-state index in [4.69, 9.17) is 0 Å².